The third-order valence-electron chi connectivity index (χ3n) is 1.28. The van der Waals surface area contributed by atoms with E-state index in [4.69, 9.17) is 9.11 Å². The molecular weight excluding hydrogens is 351 g/mol. The summed E-state index contributed by atoms with van der Waals surface area (Å²) in [4.78, 5) is 4.23. The Hall–Kier alpha value is -1.41. The van der Waals surface area contributed by atoms with Crippen molar-refractivity contribution in [3.05, 3.63) is 12.7 Å². The minimum Gasteiger partial charge on any atom is -0.316 e. The Morgan fingerprint density at radius 3 is 1.26 bits per heavy atom. The van der Waals surface area contributed by atoms with Crippen LogP contribution in [-0.2, 0) is 36.7 Å². The molecule has 0 aromatic carbocycles. The van der Waals surface area contributed by atoms with Gasteiger partial charge in [0.1, 0.15) is 12.7 Å². The molecule has 0 fully saturated rings. The first-order chi connectivity index (χ1) is 8.21. The maximum Gasteiger partial charge on any atom is 0.330 e. The molecule has 110 valence electrons. The molecule has 2 rings (SSSR count). The Bertz CT molecular complexity index is 616. The fourth-order valence-electron chi connectivity index (χ4n) is 0.641. The Labute approximate surface area is 116 Å². The van der Waals surface area contributed by atoms with Crippen LogP contribution in [0.3, 0.4) is 0 Å². The van der Waals surface area contributed by atoms with Crippen molar-refractivity contribution >= 4 is 20.2 Å². The summed E-state index contributed by atoms with van der Waals surface area (Å²) in [7, 11) is -8.38. The number of nitrogens with zero attached hydrogens (tertiary/aromatic N) is 4. The smallest absolute Gasteiger partial charge is 0.316 e. The van der Waals surface area contributed by atoms with Crippen LogP contribution < -0.4 is 0 Å². The molecular formula is C4H6N6NiO6S2. The van der Waals surface area contributed by atoms with Crippen molar-refractivity contribution < 1.29 is 42.4 Å². The van der Waals surface area contributed by atoms with E-state index in [-0.39, 0.29) is 16.5 Å². The molecule has 2 heterocycles. The summed E-state index contributed by atoms with van der Waals surface area (Å²) in [6, 6.07) is 0. The summed E-state index contributed by atoms with van der Waals surface area (Å²) in [5.41, 5.74) is 0. The second-order valence-corrected chi connectivity index (χ2v) is 5.21. The average molecular weight is 357 g/mol. The number of nitrogens with one attached hydrogen (secondary N) is 2. The Balaban J connectivity index is 0.000000324. The molecule has 12 nitrogen and oxygen atoms in total. The van der Waals surface area contributed by atoms with Crippen molar-refractivity contribution in [3.63, 3.8) is 0 Å². The Kier molecular flexibility index (Phi) is 6.18. The van der Waals surface area contributed by atoms with Crippen LogP contribution in [0, 0.1) is 0 Å². The third-order valence-corrected chi connectivity index (χ3v) is 2.65. The molecule has 4 N–H and O–H groups in total. The molecule has 0 aliphatic rings. The normalized spacial score (nSPS) is 11.1. The van der Waals surface area contributed by atoms with Gasteiger partial charge in [0, 0.05) is 16.5 Å². The largest absolute Gasteiger partial charge is 0.330 e. The molecule has 2 aromatic heterocycles. The maximum atomic E-state index is 10.1. The van der Waals surface area contributed by atoms with Crippen molar-refractivity contribution in [2.45, 2.75) is 10.3 Å². The summed E-state index contributed by atoms with van der Waals surface area (Å²) < 4.78 is 56.9. The molecule has 0 saturated heterocycles. The van der Waals surface area contributed by atoms with E-state index in [9.17, 15) is 16.8 Å². The van der Waals surface area contributed by atoms with Gasteiger partial charge in [-0.05, 0) is 0 Å². The van der Waals surface area contributed by atoms with Crippen molar-refractivity contribution in [1.82, 2.24) is 30.4 Å². The average Bonchev–Trinajstić information content (AvgIpc) is 2.91. The van der Waals surface area contributed by atoms with E-state index in [0.29, 0.717) is 0 Å². The zero-order chi connectivity index (χ0) is 13.8. The van der Waals surface area contributed by atoms with E-state index in [1.165, 1.54) is 0 Å². The van der Waals surface area contributed by atoms with Gasteiger partial charge in [-0.2, -0.15) is 16.8 Å². The summed E-state index contributed by atoms with van der Waals surface area (Å²) in [5.74, 6) is 0. The van der Waals surface area contributed by atoms with Crippen LogP contribution in [0.5, 0.6) is 0 Å². The summed E-state index contributed by atoms with van der Waals surface area (Å²) in [5, 5.41) is 11.3. The third kappa shape index (κ3) is 5.84. The topological polar surface area (TPSA) is 192 Å². The van der Waals surface area contributed by atoms with Crippen LogP contribution in [0.15, 0.2) is 23.0 Å². The van der Waals surface area contributed by atoms with E-state index in [0.717, 1.165) is 12.7 Å². The van der Waals surface area contributed by atoms with Gasteiger partial charge in [-0.25, -0.2) is 0 Å². The minimum atomic E-state index is -4.19. The molecule has 0 unspecified atom stereocenters. The van der Waals surface area contributed by atoms with Gasteiger partial charge < -0.3 is 9.97 Å². The van der Waals surface area contributed by atoms with Crippen molar-refractivity contribution in [2.24, 2.45) is 0 Å². The molecule has 0 aliphatic heterocycles. The summed E-state index contributed by atoms with van der Waals surface area (Å²) in [6.45, 7) is 0. The number of hydrogen-bond acceptors (Lipinski definition) is 8. The fraction of sp³-hybridized carbons (Fsp3) is 0. The molecule has 0 saturated carbocycles. The number of hydrogen-bond donors (Lipinski definition) is 4. The van der Waals surface area contributed by atoms with Gasteiger partial charge in [-0.15, -0.1) is 20.4 Å². The van der Waals surface area contributed by atoms with Crippen LogP contribution in [0.2, 0.25) is 0 Å². The zero-order valence-electron chi connectivity index (χ0n) is 8.60. The molecule has 0 spiro atoms. The number of rotatable bonds is 2. The Morgan fingerprint density at radius 1 is 0.842 bits per heavy atom. The summed E-state index contributed by atoms with van der Waals surface area (Å²) in [6.07, 6.45) is 2.12. The number of aromatic nitrogens is 6. The van der Waals surface area contributed by atoms with Crippen molar-refractivity contribution in [3.8, 4) is 0 Å². The van der Waals surface area contributed by atoms with Gasteiger partial charge in [-0.3, -0.25) is 9.11 Å². The van der Waals surface area contributed by atoms with E-state index in [1.54, 1.807) is 0 Å². The van der Waals surface area contributed by atoms with E-state index in [2.05, 4.69) is 30.4 Å². The van der Waals surface area contributed by atoms with Crippen LogP contribution in [-0.4, -0.2) is 56.3 Å². The molecule has 19 heavy (non-hydrogen) atoms. The molecule has 15 heteroatoms. The van der Waals surface area contributed by atoms with Gasteiger partial charge in [0.2, 0.25) is 0 Å². The van der Waals surface area contributed by atoms with E-state index >= 15 is 0 Å². The number of aromatic amines is 2. The molecule has 0 bridgehead atoms. The maximum absolute atomic E-state index is 10.1. The second kappa shape index (κ2) is 6.67. The quantitative estimate of drug-likeness (QED) is 0.348. The molecule has 0 radical (unpaired) electrons. The first-order valence-corrected chi connectivity index (χ1v) is 6.76. The van der Waals surface area contributed by atoms with Crippen molar-refractivity contribution in [2.75, 3.05) is 0 Å². The van der Waals surface area contributed by atoms with E-state index < -0.39 is 30.5 Å². The monoisotopic (exact) mass is 356 g/mol. The molecule has 0 atom stereocenters. The second-order valence-electron chi connectivity index (χ2n) is 2.54. The predicted octanol–water partition coefficient (Wildman–Crippen LogP) is -1.90. The predicted molar refractivity (Wildman–Crippen MR) is 52.4 cm³/mol. The molecule has 0 aliphatic carbocycles. The zero-order valence-corrected chi connectivity index (χ0v) is 11.2. The van der Waals surface area contributed by atoms with Gasteiger partial charge >= 0.3 is 20.2 Å². The first-order valence-electron chi connectivity index (χ1n) is 3.88. The van der Waals surface area contributed by atoms with Crippen LogP contribution >= 0.6 is 0 Å². The molecule has 2 aromatic rings. The van der Waals surface area contributed by atoms with Gasteiger partial charge in [0.05, 0.1) is 0 Å². The fourth-order valence-corrected chi connectivity index (χ4v) is 1.34. The molecule has 0 amide bonds. The number of H-pyrrole nitrogens is 2. The van der Waals surface area contributed by atoms with Gasteiger partial charge in [0.25, 0.3) is 10.3 Å². The minimum absolute atomic E-state index is 0. The van der Waals surface area contributed by atoms with Crippen LogP contribution in [0.4, 0.5) is 0 Å². The Morgan fingerprint density at radius 2 is 1.16 bits per heavy atom. The first kappa shape index (κ1) is 17.6. The van der Waals surface area contributed by atoms with Gasteiger partial charge in [0.15, 0.2) is 0 Å². The van der Waals surface area contributed by atoms with E-state index in [1.807, 2.05) is 0 Å². The van der Waals surface area contributed by atoms with Gasteiger partial charge in [-0.1, -0.05) is 0 Å². The van der Waals surface area contributed by atoms with Crippen molar-refractivity contribution in [1.29, 1.82) is 0 Å². The van der Waals surface area contributed by atoms with Crippen LogP contribution in [0.25, 0.3) is 0 Å². The SMILES string of the molecule is O=S(=O)(O)c1nnc[nH]1.O=S(=O)(O)c1nnc[nH]1.[Ni]. The van der Waals surface area contributed by atoms with Crippen LogP contribution in [0.1, 0.15) is 0 Å². The summed E-state index contributed by atoms with van der Waals surface area (Å²) >= 11 is 0. The standard InChI is InChI=1S/2C2H3N3O3S.Ni/c2*6-9(7,8)2-3-1-4-5-2;/h2*1H,(H,3,4,5)(H,6,7,8);.